The van der Waals surface area contributed by atoms with Crippen molar-refractivity contribution in [3.05, 3.63) is 0 Å². The van der Waals surface area contributed by atoms with Gasteiger partial charge in [-0.3, -0.25) is 9.59 Å². The van der Waals surface area contributed by atoms with Crippen LogP contribution in [-0.4, -0.2) is 48.2 Å². The normalized spacial score (nSPS) is 25.6. The molecule has 2 aliphatic heterocycles. The van der Waals surface area contributed by atoms with Crippen LogP contribution in [0.5, 0.6) is 0 Å². The topological polar surface area (TPSA) is 52.6 Å². The van der Waals surface area contributed by atoms with Gasteiger partial charge in [0.2, 0.25) is 0 Å². The molecular weight excluding hydrogens is 308 g/mol. The highest BCUT2D eigenvalue weighted by atomic mass is 32.2. The van der Waals surface area contributed by atoms with Gasteiger partial charge in [0.05, 0.1) is 11.8 Å². The van der Waals surface area contributed by atoms with Gasteiger partial charge in [-0.05, 0) is 48.2 Å². The Kier molecular flexibility index (Phi) is 7.23. The molecule has 2 rings (SSSR count). The molecule has 0 spiro atoms. The molecular formula is C15H24O4S2. The predicted octanol–water partition coefficient (Wildman–Crippen LogP) is 2.61. The van der Waals surface area contributed by atoms with Gasteiger partial charge in [0.25, 0.3) is 0 Å². The van der Waals surface area contributed by atoms with Gasteiger partial charge in [-0.25, -0.2) is 0 Å². The summed E-state index contributed by atoms with van der Waals surface area (Å²) in [5, 5.41) is 0. The molecule has 2 atom stereocenters. The quantitative estimate of drug-likeness (QED) is 0.428. The van der Waals surface area contributed by atoms with Crippen LogP contribution in [0.4, 0.5) is 0 Å². The lowest BCUT2D eigenvalue weighted by Crippen LogP contribution is -2.50. The maximum absolute atomic E-state index is 11.5. The Morgan fingerprint density at radius 1 is 1.00 bits per heavy atom. The second-order valence-electron chi connectivity index (χ2n) is 5.50. The maximum atomic E-state index is 11.5. The van der Waals surface area contributed by atoms with Gasteiger partial charge in [-0.2, -0.15) is 23.5 Å². The van der Waals surface area contributed by atoms with Crippen LogP contribution in [0, 0.1) is 17.8 Å². The Hall–Kier alpha value is -0.360. The molecule has 0 radical (unpaired) electrons. The molecule has 21 heavy (non-hydrogen) atoms. The average molecular weight is 332 g/mol. The maximum Gasteiger partial charge on any atom is 0.312 e. The minimum Gasteiger partial charge on any atom is -0.464 e. The van der Waals surface area contributed by atoms with Gasteiger partial charge in [0.1, 0.15) is 13.2 Å². The average Bonchev–Trinajstić information content (AvgIpc) is 2.46. The lowest BCUT2D eigenvalue weighted by atomic mass is 9.77. The first-order valence-electron chi connectivity index (χ1n) is 7.72. The number of carbonyl (C=O) groups is 2. The molecule has 0 aromatic carbocycles. The number of hydrogen-bond donors (Lipinski definition) is 0. The van der Waals surface area contributed by atoms with E-state index in [1.807, 2.05) is 23.5 Å². The zero-order valence-electron chi connectivity index (χ0n) is 12.5. The lowest BCUT2D eigenvalue weighted by Gasteiger charge is -2.39. The summed E-state index contributed by atoms with van der Waals surface area (Å²) in [5.74, 6) is 4.33. The van der Waals surface area contributed by atoms with E-state index in [1.165, 1.54) is 24.3 Å². The molecule has 0 aromatic rings. The molecule has 6 heteroatoms. The molecule has 0 amide bonds. The summed E-state index contributed by atoms with van der Waals surface area (Å²) in [6.07, 6.45) is 3.39. The summed E-state index contributed by atoms with van der Waals surface area (Å²) in [7, 11) is 0. The van der Waals surface area contributed by atoms with Crippen molar-refractivity contribution < 1.29 is 19.1 Å². The molecule has 0 N–H and O–H groups in total. The van der Waals surface area contributed by atoms with E-state index in [0.29, 0.717) is 13.2 Å². The fraction of sp³-hybridized carbons (Fsp3) is 0.867. The van der Waals surface area contributed by atoms with E-state index in [1.54, 1.807) is 0 Å². The van der Waals surface area contributed by atoms with Crippen LogP contribution in [0.15, 0.2) is 0 Å². The third-order valence-electron chi connectivity index (χ3n) is 3.97. The third kappa shape index (κ3) is 4.81. The first kappa shape index (κ1) is 17.0. The van der Waals surface area contributed by atoms with E-state index in [9.17, 15) is 9.59 Å². The molecule has 0 aromatic heterocycles. The zero-order chi connectivity index (χ0) is 15.1. The number of thioether (sulfide) groups is 2. The lowest BCUT2D eigenvalue weighted by molar-refractivity contribution is -0.188. The van der Waals surface area contributed by atoms with Crippen molar-refractivity contribution in [2.24, 2.45) is 17.8 Å². The van der Waals surface area contributed by atoms with E-state index >= 15 is 0 Å². The summed E-state index contributed by atoms with van der Waals surface area (Å²) in [6.45, 7) is 3.16. The highest BCUT2D eigenvalue weighted by Gasteiger charge is 2.48. The number of esters is 2. The van der Waals surface area contributed by atoms with Gasteiger partial charge < -0.3 is 9.47 Å². The molecule has 0 saturated carbocycles. The summed E-state index contributed by atoms with van der Waals surface area (Å²) in [4.78, 5) is 22.9. The third-order valence-corrected chi connectivity index (χ3v) is 6.35. The summed E-state index contributed by atoms with van der Waals surface area (Å²) >= 11 is 3.95. The number of rotatable bonds is 11. The molecule has 120 valence electrons. The second-order valence-corrected chi connectivity index (χ2v) is 7.95. The van der Waals surface area contributed by atoms with Crippen molar-refractivity contribution in [3.8, 4) is 0 Å². The fourth-order valence-corrected chi connectivity index (χ4v) is 4.62. The van der Waals surface area contributed by atoms with Gasteiger partial charge in [-0.15, -0.1) is 0 Å². The van der Waals surface area contributed by atoms with E-state index in [0.717, 1.165) is 17.9 Å². The Balaban J connectivity index is 1.61. The second kappa shape index (κ2) is 8.93. The SMILES string of the molecule is CCCSCCCSCCC(C1COC1=O)C1COC1=O. The van der Waals surface area contributed by atoms with Crippen LogP contribution in [-0.2, 0) is 19.1 Å². The van der Waals surface area contributed by atoms with Gasteiger partial charge >= 0.3 is 11.9 Å². The molecule has 0 bridgehead atoms. The molecule has 4 nitrogen and oxygen atoms in total. The predicted molar refractivity (Wildman–Crippen MR) is 86.6 cm³/mol. The minimum atomic E-state index is -0.138. The van der Waals surface area contributed by atoms with E-state index in [4.69, 9.17) is 9.47 Å². The monoisotopic (exact) mass is 332 g/mol. The largest absolute Gasteiger partial charge is 0.464 e. The summed E-state index contributed by atoms with van der Waals surface area (Å²) < 4.78 is 9.72. The van der Waals surface area contributed by atoms with Crippen LogP contribution in [0.2, 0.25) is 0 Å². The number of hydrogen-bond acceptors (Lipinski definition) is 6. The number of ether oxygens (including phenoxy) is 2. The van der Waals surface area contributed by atoms with Crippen molar-refractivity contribution in [1.29, 1.82) is 0 Å². The van der Waals surface area contributed by atoms with E-state index < -0.39 is 0 Å². The summed E-state index contributed by atoms with van der Waals surface area (Å²) in [5.41, 5.74) is 0. The van der Waals surface area contributed by atoms with Crippen molar-refractivity contribution >= 4 is 35.5 Å². The Bertz CT molecular complexity index is 338. The van der Waals surface area contributed by atoms with Crippen LogP contribution in [0.1, 0.15) is 26.2 Å². The van der Waals surface area contributed by atoms with Gasteiger partial charge in [-0.1, -0.05) is 6.92 Å². The molecule has 0 aliphatic carbocycles. The van der Waals surface area contributed by atoms with Crippen LogP contribution in [0.3, 0.4) is 0 Å². The van der Waals surface area contributed by atoms with Crippen LogP contribution < -0.4 is 0 Å². The van der Waals surface area contributed by atoms with E-state index in [2.05, 4.69) is 6.92 Å². The van der Waals surface area contributed by atoms with Crippen LogP contribution in [0.25, 0.3) is 0 Å². The molecule has 2 aliphatic rings. The molecule has 2 fully saturated rings. The molecule has 2 unspecified atom stereocenters. The van der Waals surface area contributed by atoms with Crippen molar-refractivity contribution in [2.75, 3.05) is 36.2 Å². The van der Waals surface area contributed by atoms with E-state index in [-0.39, 0.29) is 29.7 Å². The summed E-state index contributed by atoms with van der Waals surface area (Å²) in [6, 6.07) is 0. The fourth-order valence-electron chi connectivity index (χ4n) is 2.61. The first-order valence-corrected chi connectivity index (χ1v) is 10.0. The van der Waals surface area contributed by atoms with Gasteiger partial charge in [0, 0.05) is 0 Å². The van der Waals surface area contributed by atoms with Crippen molar-refractivity contribution in [1.82, 2.24) is 0 Å². The smallest absolute Gasteiger partial charge is 0.312 e. The Morgan fingerprint density at radius 2 is 1.57 bits per heavy atom. The van der Waals surface area contributed by atoms with Crippen LogP contribution >= 0.6 is 23.5 Å². The Morgan fingerprint density at radius 3 is 2.00 bits per heavy atom. The first-order chi connectivity index (χ1) is 10.2. The van der Waals surface area contributed by atoms with Crippen molar-refractivity contribution in [3.63, 3.8) is 0 Å². The number of carbonyl (C=O) groups excluding carboxylic acids is 2. The molecule has 2 heterocycles. The highest BCUT2D eigenvalue weighted by molar-refractivity contribution is 8.00. The highest BCUT2D eigenvalue weighted by Crippen LogP contribution is 2.36. The Labute approximate surface area is 135 Å². The minimum absolute atomic E-state index is 0.0800. The van der Waals surface area contributed by atoms with Gasteiger partial charge in [0.15, 0.2) is 0 Å². The number of cyclic esters (lactones) is 2. The standard InChI is InChI=1S/C15H24O4S2/c1-2-5-20-6-3-7-21-8-4-11(12-9-18-14(12)16)13-10-19-15(13)17/h11-13H,2-10H2,1H3. The zero-order valence-corrected chi connectivity index (χ0v) is 14.2. The van der Waals surface area contributed by atoms with Crippen molar-refractivity contribution in [2.45, 2.75) is 26.2 Å². The molecule has 2 saturated heterocycles.